The highest BCUT2D eigenvalue weighted by molar-refractivity contribution is 7.90. The van der Waals surface area contributed by atoms with Crippen molar-refractivity contribution in [3.63, 3.8) is 0 Å². The van der Waals surface area contributed by atoms with Crippen molar-refractivity contribution in [3.8, 4) is 0 Å². The molecule has 1 fully saturated rings. The van der Waals surface area contributed by atoms with Gasteiger partial charge in [0, 0.05) is 11.5 Å². The minimum atomic E-state index is -4.08. The average Bonchev–Trinajstić information content (AvgIpc) is 3.15. The third kappa shape index (κ3) is 2.89. The molecule has 1 N–H and O–H groups in total. The van der Waals surface area contributed by atoms with Crippen LogP contribution in [0.2, 0.25) is 0 Å². The Bertz CT molecular complexity index is 831. The number of aldehydes is 1. The van der Waals surface area contributed by atoms with Gasteiger partial charge in [-0.25, -0.2) is 13.1 Å². The predicted octanol–water partition coefficient (Wildman–Crippen LogP) is 1.51. The number of rotatable bonds is 5. The number of benzene rings is 1. The SMILES string of the molecule is O=CC1C2C=CC(C2)C1C(=O)NS(=O)(=O)c1ccc(C(=O)Cl)cc1. The van der Waals surface area contributed by atoms with Crippen LogP contribution >= 0.6 is 11.6 Å². The van der Waals surface area contributed by atoms with E-state index in [1.165, 1.54) is 24.3 Å². The standard InChI is InChI=1S/C16H14ClNO5S/c17-15(20)9-3-5-12(6-4-9)24(22,23)18-16(21)14-11-2-1-10(7-11)13(14)8-19/h1-6,8,10-11,13-14H,7H2,(H,18,21). The number of carbonyl (C=O) groups is 3. The van der Waals surface area contributed by atoms with Gasteiger partial charge in [0.25, 0.3) is 15.3 Å². The van der Waals surface area contributed by atoms with E-state index in [1.54, 1.807) is 0 Å². The lowest BCUT2D eigenvalue weighted by Crippen LogP contribution is -2.40. The molecule has 126 valence electrons. The van der Waals surface area contributed by atoms with Crippen molar-refractivity contribution in [3.05, 3.63) is 42.0 Å². The van der Waals surface area contributed by atoms with Crippen molar-refractivity contribution in [2.45, 2.75) is 11.3 Å². The first-order valence-corrected chi connectivity index (χ1v) is 9.20. The zero-order valence-electron chi connectivity index (χ0n) is 12.4. The number of amides is 1. The molecule has 1 aromatic rings. The molecule has 1 saturated carbocycles. The summed E-state index contributed by atoms with van der Waals surface area (Å²) in [5, 5.41) is -0.703. The summed E-state index contributed by atoms with van der Waals surface area (Å²) >= 11 is 5.31. The Kier molecular flexibility index (Phi) is 4.31. The second-order valence-corrected chi connectivity index (χ2v) is 7.98. The summed E-state index contributed by atoms with van der Waals surface area (Å²) in [7, 11) is -4.08. The number of hydrogen-bond acceptors (Lipinski definition) is 5. The van der Waals surface area contributed by atoms with Gasteiger partial charge < -0.3 is 4.79 Å². The second-order valence-electron chi connectivity index (χ2n) is 5.96. The van der Waals surface area contributed by atoms with Crippen molar-refractivity contribution >= 4 is 39.1 Å². The first-order valence-electron chi connectivity index (χ1n) is 7.33. The molecule has 1 aromatic carbocycles. The van der Waals surface area contributed by atoms with Gasteiger partial charge in [-0.1, -0.05) is 12.2 Å². The summed E-state index contributed by atoms with van der Waals surface area (Å²) in [5.41, 5.74) is 0.154. The van der Waals surface area contributed by atoms with Gasteiger partial charge in [-0.2, -0.15) is 0 Å². The molecule has 0 spiro atoms. The summed E-state index contributed by atoms with van der Waals surface area (Å²) in [4.78, 5) is 34.5. The molecule has 6 nitrogen and oxygen atoms in total. The van der Waals surface area contributed by atoms with E-state index >= 15 is 0 Å². The van der Waals surface area contributed by atoms with E-state index in [-0.39, 0.29) is 22.3 Å². The third-order valence-corrected chi connectivity index (χ3v) is 6.19. The maximum atomic E-state index is 12.4. The highest BCUT2D eigenvalue weighted by Crippen LogP contribution is 2.47. The highest BCUT2D eigenvalue weighted by Gasteiger charge is 2.48. The molecular weight excluding hydrogens is 354 g/mol. The fourth-order valence-corrected chi connectivity index (χ4v) is 4.58. The van der Waals surface area contributed by atoms with Crippen molar-refractivity contribution < 1.29 is 22.8 Å². The van der Waals surface area contributed by atoms with E-state index in [4.69, 9.17) is 11.6 Å². The summed E-state index contributed by atoms with van der Waals surface area (Å²) in [5.74, 6) is -1.96. The summed E-state index contributed by atoms with van der Waals surface area (Å²) in [6.45, 7) is 0. The van der Waals surface area contributed by atoms with Crippen molar-refractivity contribution in [1.29, 1.82) is 0 Å². The Morgan fingerprint density at radius 2 is 1.75 bits per heavy atom. The van der Waals surface area contributed by atoms with Gasteiger partial charge in [0.2, 0.25) is 5.91 Å². The number of nitrogens with one attached hydrogen (secondary N) is 1. The highest BCUT2D eigenvalue weighted by atomic mass is 35.5. The molecule has 2 aliphatic rings. The number of hydrogen-bond donors (Lipinski definition) is 1. The molecule has 0 aliphatic heterocycles. The largest absolute Gasteiger partial charge is 0.303 e. The normalized spacial score (nSPS) is 27.9. The smallest absolute Gasteiger partial charge is 0.264 e. The van der Waals surface area contributed by atoms with Crippen LogP contribution in [0.25, 0.3) is 0 Å². The Balaban J connectivity index is 1.79. The number of allylic oxidation sites excluding steroid dienone is 2. The lowest BCUT2D eigenvalue weighted by Gasteiger charge is -2.22. The molecule has 8 heteroatoms. The average molecular weight is 368 g/mol. The van der Waals surface area contributed by atoms with Gasteiger partial charge in [0.1, 0.15) is 6.29 Å². The molecule has 4 atom stereocenters. The minimum absolute atomic E-state index is 0.0000270. The number of sulfonamides is 1. The number of fused-ring (bicyclic) bond motifs is 2. The van der Waals surface area contributed by atoms with E-state index in [9.17, 15) is 22.8 Å². The van der Waals surface area contributed by atoms with E-state index in [1.807, 2.05) is 16.9 Å². The van der Waals surface area contributed by atoms with Gasteiger partial charge in [-0.05, 0) is 54.1 Å². The Morgan fingerprint density at radius 3 is 2.33 bits per heavy atom. The van der Waals surface area contributed by atoms with Crippen LogP contribution in [0, 0.1) is 23.7 Å². The summed E-state index contributed by atoms with van der Waals surface area (Å²) in [6.07, 6.45) is 5.19. The first kappa shape index (κ1) is 16.9. The number of carbonyl (C=O) groups excluding carboxylic acids is 3. The Labute approximate surface area is 143 Å². The van der Waals surface area contributed by atoms with Crippen LogP contribution in [0.3, 0.4) is 0 Å². The van der Waals surface area contributed by atoms with Crippen LogP contribution in [0.5, 0.6) is 0 Å². The first-order chi connectivity index (χ1) is 11.3. The molecule has 0 radical (unpaired) electrons. The van der Waals surface area contributed by atoms with E-state index in [0.717, 1.165) is 6.29 Å². The second kappa shape index (κ2) is 6.14. The molecule has 0 saturated heterocycles. The molecule has 4 unspecified atom stereocenters. The molecule has 0 heterocycles. The maximum absolute atomic E-state index is 12.4. The molecule has 2 aliphatic carbocycles. The Morgan fingerprint density at radius 1 is 1.12 bits per heavy atom. The van der Waals surface area contributed by atoms with Crippen LogP contribution < -0.4 is 4.72 Å². The van der Waals surface area contributed by atoms with Crippen LogP contribution in [-0.2, 0) is 19.6 Å². The van der Waals surface area contributed by atoms with Crippen LogP contribution in [0.15, 0.2) is 41.3 Å². The van der Waals surface area contributed by atoms with E-state index in [2.05, 4.69) is 0 Å². The number of halogens is 1. The molecule has 1 amide bonds. The van der Waals surface area contributed by atoms with Crippen LogP contribution in [0.4, 0.5) is 0 Å². The summed E-state index contributed by atoms with van der Waals surface area (Å²) in [6, 6.07) is 4.93. The van der Waals surface area contributed by atoms with Crippen LogP contribution in [-0.4, -0.2) is 25.9 Å². The summed E-state index contributed by atoms with van der Waals surface area (Å²) < 4.78 is 26.7. The minimum Gasteiger partial charge on any atom is -0.303 e. The van der Waals surface area contributed by atoms with Gasteiger partial charge in [0.05, 0.1) is 10.8 Å². The fourth-order valence-electron chi connectivity index (χ4n) is 3.44. The van der Waals surface area contributed by atoms with E-state index in [0.29, 0.717) is 6.42 Å². The molecule has 0 aromatic heterocycles. The van der Waals surface area contributed by atoms with Gasteiger partial charge in [0.15, 0.2) is 0 Å². The van der Waals surface area contributed by atoms with Gasteiger partial charge in [-0.3, -0.25) is 9.59 Å². The lowest BCUT2D eigenvalue weighted by atomic mass is 9.84. The van der Waals surface area contributed by atoms with Crippen molar-refractivity contribution in [2.75, 3.05) is 0 Å². The van der Waals surface area contributed by atoms with Crippen molar-refractivity contribution in [1.82, 2.24) is 4.72 Å². The quantitative estimate of drug-likeness (QED) is 0.483. The third-order valence-electron chi connectivity index (χ3n) is 4.61. The topological polar surface area (TPSA) is 97.4 Å². The lowest BCUT2D eigenvalue weighted by molar-refractivity contribution is -0.128. The molecule has 3 rings (SSSR count). The van der Waals surface area contributed by atoms with Gasteiger partial charge >= 0.3 is 0 Å². The van der Waals surface area contributed by atoms with Crippen molar-refractivity contribution in [2.24, 2.45) is 23.7 Å². The van der Waals surface area contributed by atoms with E-state index < -0.39 is 33.0 Å². The van der Waals surface area contributed by atoms with Gasteiger partial charge in [-0.15, -0.1) is 0 Å². The van der Waals surface area contributed by atoms with Crippen LogP contribution in [0.1, 0.15) is 16.8 Å². The molecule has 24 heavy (non-hydrogen) atoms. The monoisotopic (exact) mass is 367 g/mol. The molecular formula is C16H14ClNO5S. The zero-order valence-corrected chi connectivity index (χ0v) is 14.0. The zero-order chi connectivity index (χ0) is 17.5. The molecule has 2 bridgehead atoms. The predicted molar refractivity (Wildman–Crippen MR) is 85.7 cm³/mol. The Hall–Kier alpha value is -1.99. The maximum Gasteiger partial charge on any atom is 0.264 e. The fraction of sp³-hybridized carbons (Fsp3) is 0.312.